The second-order valence-electron chi connectivity index (χ2n) is 8.49. The molecule has 3 aromatic carbocycles. The number of benzene rings is 1. The van der Waals surface area contributed by atoms with Crippen LogP contribution in [0.4, 0.5) is 22.0 Å². The van der Waals surface area contributed by atoms with Crippen LogP contribution < -0.4 is 14.7 Å². The minimum absolute atomic E-state index is 0. The van der Waals surface area contributed by atoms with Crippen LogP contribution in [0, 0.1) is 54.8 Å². The first-order chi connectivity index (χ1) is 18.4. The number of allylic oxidation sites excluding steroid dienone is 8. The summed E-state index contributed by atoms with van der Waals surface area (Å²) in [6.45, 7) is 8.50. The Labute approximate surface area is 260 Å². The SMILES string of the molecule is CC1C=CC=C1.CC1C=CC=C1.Cc1ccc[cH-]1.Cc1ccc[cH-]1.[Fe+2].[Fe+2].[O-]B([O-])Oc1c(F)c(F)c(F)c(F)c1F. The van der Waals surface area contributed by atoms with Gasteiger partial charge in [-0.15, -0.1) is 0 Å². The fraction of sp³-hybridized carbons (Fsp3) is 0.200. The average Bonchev–Trinajstić information content (AvgIpc) is 3.73. The van der Waals surface area contributed by atoms with Gasteiger partial charge in [-0.1, -0.05) is 76.3 Å². The summed E-state index contributed by atoms with van der Waals surface area (Å²) >= 11 is 0. The van der Waals surface area contributed by atoms with Gasteiger partial charge in [0.2, 0.25) is 29.1 Å². The quantitative estimate of drug-likeness (QED) is 0.106. The molecule has 5 rings (SSSR count). The van der Waals surface area contributed by atoms with Gasteiger partial charge in [-0.3, -0.25) is 0 Å². The Bertz CT molecular complexity index is 1110. The van der Waals surface area contributed by atoms with Crippen LogP contribution in [0.5, 0.6) is 5.75 Å². The summed E-state index contributed by atoms with van der Waals surface area (Å²) < 4.78 is 65.9. The second-order valence-corrected chi connectivity index (χ2v) is 8.49. The van der Waals surface area contributed by atoms with E-state index >= 15 is 0 Å². The van der Waals surface area contributed by atoms with E-state index in [1.807, 2.05) is 24.3 Å². The molecule has 41 heavy (non-hydrogen) atoms. The molecular formula is C30H30BF5Fe2O3. The smallest absolute Gasteiger partial charge is 0.860 e. The van der Waals surface area contributed by atoms with E-state index in [2.05, 4.69) is 105 Å². The van der Waals surface area contributed by atoms with Crippen LogP contribution in [0.3, 0.4) is 0 Å². The summed E-state index contributed by atoms with van der Waals surface area (Å²) in [4.78, 5) is 0. The van der Waals surface area contributed by atoms with Crippen molar-refractivity contribution < 1.29 is 70.8 Å². The molecule has 0 aromatic heterocycles. The van der Waals surface area contributed by atoms with Gasteiger partial charge in [-0.25, -0.2) is 37.4 Å². The molecule has 3 nitrogen and oxygen atoms in total. The summed E-state index contributed by atoms with van der Waals surface area (Å²) in [6.07, 6.45) is 17.0. The van der Waals surface area contributed by atoms with Crippen molar-refractivity contribution in [2.24, 2.45) is 11.8 Å². The van der Waals surface area contributed by atoms with Crippen LogP contribution in [0.1, 0.15) is 25.0 Å². The van der Waals surface area contributed by atoms with Crippen LogP contribution in [-0.2, 0) is 34.1 Å². The molecule has 0 heterocycles. The Morgan fingerprint density at radius 2 is 0.951 bits per heavy atom. The third kappa shape index (κ3) is 16.4. The summed E-state index contributed by atoms with van der Waals surface area (Å²) in [6, 6.07) is 16.5. The molecule has 11 heteroatoms. The van der Waals surface area contributed by atoms with Crippen molar-refractivity contribution >= 4 is 7.32 Å². The molecule has 0 N–H and O–H groups in total. The van der Waals surface area contributed by atoms with Crippen molar-refractivity contribution in [1.82, 2.24) is 0 Å². The van der Waals surface area contributed by atoms with Crippen LogP contribution in [0.25, 0.3) is 0 Å². The van der Waals surface area contributed by atoms with E-state index in [4.69, 9.17) is 0 Å². The van der Waals surface area contributed by atoms with E-state index in [1.54, 1.807) is 0 Å². The van der Waals surface area contributed by atoms with Crippen molar-refractivity contribution in [3.05, 3.63) is 137 Å². The molecule has 0 saturated heterocycles. The number of halogens is 5. The zero-order valence-electron chi connectivity index (χ0n) is 22.8. The molecule has 0 atom stereocenters. The van der Waals surface area contributed by atoms with Gasteiger partial charge in [0.1, 0.15) is 7.32 Å². The average molecular weight is 656 g/mol. The first kappa shape index (κ1) is 40.5. The second kappa shape index (κ2) is 22.0. The molecule has 0 unspecified atom stereocenters. The first-order valence-electron chi connectivity index (χ1n) is 12.0. The van der Waals surface area contributed by atoms with Gasteiger partial charge in [0.15, 0.2) is 5.75 Å². The minimum atomic E-state index is -3.20. The normalized spacial score (nSPS) is 12.3. The molecule has 0 radical (unpaired) electrons. The Morgan fingerprint density at radius 3 is 1.12 bits per heavy atom. The zero-order valence-corrected chi connectivity index (χ0v) is 25.0. The monoisotopic (exact) mass is 656 g/mol. The van der Waals surface area contributed by atoms with Gasteiger partial charge in [0.25, 0.3) is 0 Å². The molecule has 222 valence electrons. The molecule has 0 bridgehead atoms. The number of hydrogen-bond donors (Lipinski definition) is 0. The zero-order chi connectivity index (χ0) is 29.4. The van der Waals surface area contributed by atoms with E-state index in [1.165, 1.54) is 11.1 Å². The van der Waals surface area contributed by atoms with Gasteiger partial charge in [0, 0.05) is 0 Å². The third-order valence-corrected chi connectivity index (χ3v) is 4.92. The van der Waals surface area contributed by atoms with E-state index in [0.717, 1.165) is 0 Å². The van der Waals surface area contributed by atoms with Gasteiger partial charge < -0.3 is 14.7 Å². The Balaban J connectivity index is 0. The van der Waals surface area contributed by atoms with Gasteiger partial charge in [-0.2, -0.15) is 44.2 Å². The standard InChI is InChI=1S/C6BF5O3.2C6H8.2C6H7.2Fe/c8-1-2(9)4(11)6(15-7(13)14)5(12)3(1)10;4*1-6-4-2-3-5-6;;/h;2*2-6H,1H3;2*2-5H,1H3;;/q-2;;;2*-1;2*+2. The molecule has 0 amide bonds. The molecule has 0 aliphatic heterocycles. The van der Waals surface area contributed by atoms with Crippen molar-refractivity contribution in [2.45, 2.75) is 27.7 Å². The fourth-order valence-electron chi connectivity index (χ4n) is 2.81. The fourth-order valence-corrected chi connectivity index (χ4v) is 2.81. The molecule has 2 aliphatic carbocycles. The third-order valence-electron chi connectivity index (χ3n) is 4.92. The largest absolute Gasteiger partial charge is 2.00 e. The van der Waals surface area contributed by atoms with Crippen LogP contribution in [0.15, 0.2) is 97.1 Å². The van der Waals surface area contributed by atoms with Crippen LogP contribution in [0.2, 0.25) is 0 Å². The van der Waals surface area contributed by atoms with Gasteiger partial charge in [0.05, 0.1) is 0 Å². The van der Waals surface area contributed by atoms with E-state index < -0.39 is 42.2 Å². The van der Waals surface area contributed by atoms with E-state index in [9.17, 15) is 32.0 Å². The number of rotatable bonds is 2. The number of hydrogen-bond acceptors (Lipinski definition) is 3. The molecule has 0 fully saturated rings. The van der Waals surface area contributed by atoms with Gasteiger partial charge >= 0.3 is 34.1 Å². The van der Waals surface area contributed by atoms with E-state index in [0.29, 0.717) is 11.8 Å². The van der Waals surface area contributed by atoms with Crippen LogP contribution in [-0.4, -0.2) is 7.32 Å². The van der Waals surface area contributed by atoms with E-state index in [-0.39, 0.29) is 34.1 Å². The minimum Gasteiger partial charge on any atom is -0.860 e. The van der Waals surface area contributed by atoms with Crippen molar-refractivity contribution in [3.63, 3.8) is 0 Å². The molecular weight excluding hydrogens is 626 g/mol. The Kier molecular flexibility index (Phi) is 21.7. The topological polar surface area (TPSA) is 55.3 Å². The Morgan fingerprint density at radius 1 is 0.634 bits per heavy atom. The molecule has 2 aliphatic rings. The summed E-state index contributed by atoms with van der Waals surface area (Å²) in [5.41, 5.74) is 2.69. The van der Waals surface area contributed by atoms with Crippen LogP contribution >= 0.6 is 0 Å². The Hall–Kier alpha value is -2.65. The number of aryl methyl sites for hydroxylation is 2. The first-order valence-corrected chi connectivity index (χ1v) is 12.0. The maximum atomic E-state index is 12.6. The predicted molar refractivity (Wildman–Crippen MR) is 141 cm³/mol. The molecule has 3 aromatic rings. The maximum Gasteiger partial charge on any atom is 2.00 e. The van der Waals surface area contributed by atoms with Crippen molar-refractivity contribution in [1.29, 1.82) is 0 Å². The molecule has 0 spiro atoms. The predicted octanol–water partition coefficient (Wildman–Crippen LogP) is 6.39. The maximum absolute atomic E-state index is 12.6. The summed E-state index contributed by atoms with van der Waals surface area (Å²) in [5, 5.41) is 19.7. The van der Waals surface area contributed by atoms with Crippen molar-refractivity contribution in [2.75, 3.05) is 0 Å². The summed E-state index contributed by atoms with van der Waals surface area (Å²) in [5.74, 6) is -12.2. The summed E-state index contributed by atoms with van der Waals surface area (Å²) in [7, 11) is -3.20. The molecule has 0 saturated carbocycles. The van der Waals surface area contributed by atoms with Crippen molar-refractivity contribution in [3.8, 4) is 5.75 Å². The van der Waals surface area contributed by atoms with Gasteiger partial charge in [-0.05, 0) is 11.8 Å².